The van der Waals surface area contributed by atoms with Gasteiger partial charge in [0.1, 0.15) is 5.60 Å². The average Bonchev–Trinajstić information content (AvgIpc) is 2.95. The van der Waals surface area contributed by atoms with Gasteiger partial charge in [0, 0.05) is 26.7 Å². The lowest BCUT2D eigenvalue weighted by atomic mass is 10.0. The van der Waals surface area contributed by atoms with Crippen molar-refractivity contribution in [3.63, 3.8) is 0 Å². The molecule has 1 aromatic heterocycles. The highest BCUT2D eigenvalue weighted by Gasteiger charge is 2.35. The van der Waals surface area contributed by atoms with Crippen molar-refractivity contribution in [3.05, 3.63) is 20.8 Å². The van der Waals surface area contributed by atoms with Crippen LogP contribution in [-0.2, 0) is 9.47 Å². The van der Waals surface area contributed by atoms with Gasteiger partial charge in [0.15, 0.2) is 0 Å². The first kappa shape index (κ1) is 13.0. The first-order valence-corrected chi connectivity index (χ1v) is 6.93. The highest BCUT2D eigenvalue weighted by atomic mass is 79.9. The Labute approximate surface area is 112 Å². The van der Waals surface area contributed by atoms with E-state index in [0.29, 0.717) is 24.6 Å². The summed E-state index contributed by atoms with van der Waals surface area (Å²) < 4.78 is 11.7. The summed E-state index contributed by atoms with van der Waals surface area (Å²) in [5, 5.41) is 2.89. The van der Waals surface area contributed by atoms with Gasteiger partial charge in [0.25, 0.3) is 5.91 Å². The minimum absolute atomic E-state index is 0.0657. The third-order valence-electron chi connectivity index (χ3n) is 2.87. The molecule has 1 N–H and O–H groups in total. The molecule has 1 saturated heterocycles. The lowest BCUT2D eigenvalue weighted by Gasteiger charge is -2.25. The molecule has 1 atom stereocenters. The molecule has 1 amide bonds. The quantitative estimate of drug-likeness (QED) is 0.924. The van der Waals surface area contributed by atoms with Gasteiger partial charge >= 0.3 is 0 Å². The minimum Gasteiger partial charge on any atom is -0.378 e. The van der Waals surface area contributed by atoms with Gasteiger partial charge < -0.3 is 14.8 Å². The fourth-order valence-corrected chi connectivity index (χ4v) is 3.03. The molecule has 6 heteroatoms. The highest BCUT2D eigenvalue weighted by Crippen LogP contribution is 2.23. The monoisotopic (exact) mass is 319 g/mol. The number of rotatable bonds is 4. The van der Waals surface area contributed by atoms with E-state index in [1.54, 1.807) is 13.2 Å². The number of hydrogen-bond acceptors (Lipinski definition) is 4. The van der Waals surface area contributed by atoms with Crippen LogP contribution >= 0.6 is 27.3 Å². The van der Waals surface area contributed by atoms with Crippen LogP contribution in [0.1, 0.15) is 16.1 Å². The number of nitrogens with one attached hydrogen (secondary N) is 1. The standard InChI is InChI=1S/C11H14BrNO3S/c1-15-11(4-5-16-7-11)6-13-10(14)8-2-3-9(12)17-8/h2-3H,4-7H2,1H3,(H,13,14). The number of carbonyl (C=O) groups is 1. The number of thiophene rings is 1. The molecule has 1 unspecified atom stereocenters. The first-order valence-electron chi connectivity index (χ1n) is 5.32. The van der Waals surface area contributed by atoms with E-state index >= 15 is 0 Å². The molecular formula is C11H14BrNO3S. The molecule has 4 nitrogen and oxygen atoms in total. The lowest BCUT2D eigenvalue weighted by molar-refractivity contribution is -0.0148. The number of amides is 1. The number of carbonyl (C=O) groups excluding carboxylic acids is 1. The Balaban J connectivity index is 1.91. The van der Waals surface area contributed by atoms with Crippen molar-refractivity contribution in [1.29, 1.82) is 0 Å². The first-order chi connectivity index (χ1) is 8.15. The maximum absolute atomic E-state index is 11.9. The van der Waals surface area contributed by atoms with E-state index < -0.39 is 0 Å². The Kier molecular flexibility index (Phi) is 4.19. The van der Waals surface area contributed by atoms with E-state index in [9.17, 15) is 4.79 Å². The van der Waals surface area contributed by atoms with Crippen LogP contribution in [-0.4, -0.2) is 38.4 Å². The Hall–Kier alpha value is -0.430. The fourth-order valence-electron chi connectivity index (χ4n) is 1.73. The maximum Gasteiger partial charge on any atom is 0.261 e. The van der Waals surface area contributed by atoms with Crippen LogP contribution in [0.15, 0.2) is 15.9 Å². The van der Waals surface area contributed by atoms with Gasteiger partial charge in [0.2, 0.25) is 0 Å². The Bertz CT molecular complexity index is 401. The van der Waals surface area contributed by atoms with Gasteiger partial charge in [-0.05, 0) is 28.1 Å². The highest BCUT2D eigenvalue weighted by molar-refractivity contribution is 9.11. The molecule has 2 rings (SSSR count). The maximum atomic E-state index is 11.9. The van der Waals surface area contributed by atoms with E-state index in [4.69, 9.17) is 9.47 Å². The smallest absolute Gasteiger partial charge is 0.261 e. The van der Waals surface area contributed by atoms with E-state index in [1.165, 1.54) is 11.3 Å². The Morgan fingerprint density at radius 3 is 3.06 bits per heavy atom. The lowest BCUT2D eigenvalue weighted by Crippen LogP contribution is -2.44. The van der Waals surface area contributed by atoms with Crippen LogP contribution in [0, 0.1) is 0 Å². The second kappa shape index (κ2) is 5.48. The zero-order valence-electron chi connectivity index (χ0n) is 9.49. The van der Waals surface area contributed by atoms with Crippen LogP contribution < -0.4 is 5.32 Å². The summed E-state index contributed by atoms with van der Waals surface area (Å²) in [6.07, 6.45) is 0.817. The Morgan fingerprint density at radius 2 is 2.53 bits per heavy atom. The number of hydrogen-bond donors (Lipinski definition) is 1. The van der Waals surface area contributed by atoms with Gasteiger partial charge in [-0.25, -0.2) is 0 Å². The van der Waals surface area contributed by atoms with Crippen molar-refractivity contribution in [2.45, 2.75) is 12.0 Å². The second-order valence-corrected chi connectivity index (χ2v) is 6.44. The van der Waals surface area contributed by atoms with Crippen LogP contribution in [0.2, 0.25) is 0 Å². The SMILES string of the molecule is COC1(CNC(=O)c2ccc(Br)s2)CCOC1. The van der Waals surface area contributed by atoms with Gasteiger partial charge in [-0.1, -0.05) is 0 Å². The predicted molar refractivity (Wildman–Crippen MR) is 69.5 cm³/mol. The molecule has 1 aliphatic rings. The molecule has 1 aromatic rings. The van der Waals surface area contributed by atoms with Gasteiger partial charge in [-0.15, -0.1) is 11.3 Å². The molecule has 17 heavy (non-hydrogen) atoms. The van der Waals surface area contributed by atoms with Crippen molar-refractivity contribution in [2.75, 3.05) is 26.9 Å². The molecule has 94 valence electrons. The fraction of sp³-hybridized carbons (Fsp3) is 0.545. The van der Waals surface area contributed by atoms with E-state index in [1.807, 2.05) is 6.07 Å². The molecule has 0 saturated carbocycles. The van der Waals surface area contributed by atoms with Gasteiger partial charge in [-0.2, -0.15) is 0 Å². The summed E-state index contributed by atoms with van der Waals surface area (Å²) in [5.74, 6) is -0.0657. The van der Waals surface area contributed by atoms with Crippen LogP contribution in [0.5, 0.6) is 0 Å². The van der Waals surface area contributed by atoms with Gasteiger partial charge in [0.05, 0.1) is 15.3 Å². The van der Waals surface area contributed by atoms with E-state index in [0.717, 1.165) is 10.2 Å². The molecule has 0 aromatic carbocycles. The molecule has 1 aliphatic heterocycles. The molecule has 2 heterocycles. The molecule has 0 radical (unpaired) electrons. The largest absolute Gasteiger partial charge is 0.378 e. The topological polar surface area (TPSA) is 47.6 Å². The normalized spacial score (nSPS) is 23.9. The third kappa shape index (κ3) is 3.07. The van der Waals surface area contributed by atoms with Crippen LogP contribution in [0.3, 0.4) is 0 Å². The zero-order chi connectivity index (χ0) is 12.3. The third-order valence-corrected chi connectivity index (χ3v) is 4.49. The van der Waals surface area contributed by atoms with Crippen molar-refractivity contribution < 1.29 is 14.3 Å². The predicted octanol–water partition coefficient (Wildman–Crippen LogP) is 2.05. The molecule has 0 spiro atoms. The van der Waals surface area contributed by atoms with Crippen molar-refractivity contribution in [1.82, 2.24) is 5.32 Å². The summed E-state index contributed by atoms with van der Waals surface area (Å²) in [5.41, 5.74) is -0.357. The number of ether oxygens (including phenoxy) is 2. The van der Waals surface area contributed by atoms with Crippen molar-refractivity contribution >= 4 is 33.2 Å². The second-order valence-electron chi connectivity index (χ2n) is 3.98. The molecule has 1 fully saturated rings. The van der Waals surface area contributed by atoms with Crippen LogP contribution in [0.25, 0.3) is 0 Å². The zero-order valence-corrected chi connectivity index (χ0v) is 11.9. The summed E-state index contributed by atoms with van der Waals surface area (Å²) >= 11 is 4.75. The van der Waals surface area contributed by atoms with E-state index in [-0.39, 0.29) is 11.5 Å². The summed E-state index contributed by atoms with van der Waals surface area (Å²) in [6, 6.07) is 3.67. The molecule has 0 aliphatic carbocycles. The van der Waals surface area contributed by atoms with Crippen molar-refractivity contribution in [3.8, 4) is 0 Å². The van der Waals surface area contributed by atoms with Gasteiger partial charge in [-0.3, -0.25) is 4.79 Å². The minimum atomic E-state index is -0.357. The Morgan fingerprint density at radius 1 is 1.71 bits per heavy atom. The van der Waals surface area contributed by atoms with Crippen LogP contribution in [0.4, 0.5) is 0 Å². The van der Waals surface area contributed by atoms with E-state index in [2.05, 4.69) is 21.2 Å². The average molecular weight is 320 g/mol. The summed E-state index contributed by atoms with van der Waals surface area (Å²) in [7, 11) is 1.66. The molecular weight excluding hydrogens is 306 g/mol. The van der Waals surface area contributed by atoms with Crippen molar-refractivity contribution in [2.24, 2.45) is 0 Å². The summed E-state index contributed by atoms with van der Waals surface area (Å²) in [4.78, 5) is 12.6. The summed E-state index contributed by atoms with van der Waals surface area (Å²) in [6.45, 7) is 1.71. The molecule has 0 bridgehead atoms. The number of methoxy groups -OCH3 is 1. The number of halogens is 1.